The van der Waals surface area contributed by atoms with Gasteiger partial charge in [0, 0.05) is 13.0 Å². The average Bonchev–Trinajstić information content (AvgIpc) is 2.27. The topological polar surface area (TPSA) is 52.3 Å². The first-order valence-electron chi connectivity index (χ1n) is 5.19. The minimum Gasteiger partial charge on any atom is -0.466 e. The first-order chi connectivity index (χ1) is 7.26. The van der Waals surface area contributed by atoms with Crippen molar-refractivity contribution in [3.8, 4) is 0 Å². The normalized spacial score (nSPS) is 10.0. The number of hydrogen-bond donors (Lipinski definition) is 1. The molecule has 3 nitrogen and oxygen atoms in total. The maximum Gasteiger partial charge on any atom is 0.306 e. The molecular formula is C12H17NO2. The van der Waals surface area contributed by atoms with Crippen LogP contribution in [0.4, 0.5) is 0 Å². The molecule has 0 radical (unpaired) electrons. The molecule has 0 fully saturated rings. The van der Waals surface area contributed by atoms with Crippen LogP contribution < -0.4 is 5.73 Å². The molecule has 15 heavy (non-hydrogen) atoms. The highest BCUT2D eigenvalue weighted by atomic mass is 16.5. The van der Waals surface area contributed by atoms with Crippen LogP contribution in [0.2, 0.25) is 0 Å². The van der Waals surface area contributed by atoms with Gasteiger partial charge in [0.05, 0.1) is 6.61 Å². The number of aryl methyl sites for hydroxylation is 1. The van der Waals surface area contributed by atoms with Gasteiger partial charge in [-0.3, -0.25) is 4.79 Å². The van der Waals surface area contributed by atoms with Crippen molar-refractivity contribution in [2.45, 2.75) is 26.3 Å². The number of hydrogen-bond acceptors (Lipinski definition) is 3. The average molecular weight is 207 g/mol. The van der Waals surface area contributed by atoms with E-state index < -0.39 is 0 Å². The molecule has 1 aromatic carbocycles. The van der Waals surface area contributed by atoms with E-state index in [1.807, 2.05) is 31.2 Å². The zero-order valence-electron chi connectivity index (χ0n) is 9.03. The molecule has 82 valence electrons. The molecule has 0 aliphatic heterocycles. The van der Waals surface area contributed by atoms with E-state index in [0.29, 0.717) is 26.0 Å². The van der Waals surface area contributed by atoms with Gasteiger partial charge in [0.1, 0.15) is 0 Å². The molecule has 0 spiro atoms. The third-order valence-corrected chi connectivity index (χ3v) is 2.15. The monoisotopic (exact) mass is 207 g/mol. The van der Waals surface area contributed by atoms with Crippen molar-refractivity contribution in [3.05, 3.63) is 35.4 Å². The summed E-state index contributed by atoms with van der Waals surface area (Å²) in [6.45, 7) is 2.79. The Bertz CT molecular complexity index is 323. The lowest BCUT2D eigenvalue weighted by Gasteiger charge is -2.03. The van der Waals surface area contributed by atoms with Crippen molar-refractivity contribution in [1.82, 2.24) is 0 Å². The number of ether oxygens (including phenoxy) is 1. The van der Waals surface area contributed by atoms with Crippen LogP contribution in [0.1, 0.15) is 24.5 Å². The zero-order chi connectivity index (χ0) is 11.1. The Labute approximate surface area is 90.2 Å². The predicted molar refractivity (Wildman–Crippen MR) is 59.3 cm³/mol. The van der Waals surface area contributed by atoms with E-state index >= 15 is 0 Å². The van der Waals surface area contributed by atoms with Gasteiger partial charge in [-0.05, 0) is 24.5 Å². The highest BCUT2D eigenvalue weighted by molar-refractivity contribution is 5.69. The Balaban J connectivity index is 2.46. The van der Waals surface area contributed by atoms with Gasteiger partial charge in [0.25, 0.3) is 0 Å². The first kappa shape index (κ1) is 11.7. The quantitative estimate of drug-likeness (QED) is 0.747. The molecule has 0 aliphatic rings. The van der Waals surface area contributed by atoms with Gasteiger partial charge >= 0.3 is 5.97 Å². The number of nitrogens with two attached hydrogens (primary N) is 1. The lowest BCUT2D eigenvalue weighted by Crippen LogP contribution is -2.05. The van der Waals surface area contributed by atoms with Crippen molar-refractivity contribution in [2.75, 3.05) is 6.61 Å². The molecule has 1 rings (SSSR count). The number of benzene rings is 1. The third-order valence-electron chi connectivity index (χ3n) is 2.15. The molecular weight excluding hydrogens is 190 g/mol. The zero-order valence-corrected chi connectivity index (χ0v) is 9.03. The van der Waals surface area contributed by atoms with E-state index in [1.165, 1.54) is 0 Å². The Morgan fingerprint density at radius 1 is 1.40 bits per heavy atom. The smallest absolute Gasteiger partial charge is 0.306 e. The Kier molecular flexibility index (Phi) is 4.84. The summed E-state index contributed by atoms with van der Waals surface area (Å²) in [4.78, 5) is 11.1. The van der Waals surface area contributed by atoms with E-state index in [4.69, 9.17) is 10.5 Å². The number of carbonyl (C=O) groups is 1. The van der Waals surface area contributed by atoms with Crippen LogP contribution in [0.15, 0.2) is 24.3 Å². The summed E-state index contributed by atoms with van der Waals surface area (Å²) in [6, 6.07) is 7.97. The fourth-order valence-electron chi connectivity index (χ4n) is 1.39. The molecule has 2 N–H and O–H groups in total. The van der Waals surface area contributed by atoms with Gasteiger partial charge in [0.2, 0.25) is 0 Å². The van der Waals surface area contributed by atoms with Crippen molar-refractivity contribution in [1.29, 1.82) is 0 Å². The molecule has 0 aliphatic carbocycles. The second kappa shape index (κ2) is 6.19. The van der Waals surface area contributed by atoms with Gasteiger partial charge in [-0.2, -0.15) is 0 Å². The van der Waals surface area contributed by atoms with Crippen LogP contribution in [0.5, 0.6) is 0 Å². The third kappa shape index (κ3) is 4.13. The molecule has 0 heterocycles. The Morgan fingerprint density at radius 2 is 2.13 bits per heavy atom. The number of esters is 1. The SMILES string of the molecule is CCOC(=O)CCc1cccc(CN)c1. The van der Waals surface area contributed by atoms with Gasteiger partial charge in [-0.1, -0.05) is 24.3 Å². The van der Waals surface area contributed by atoms with Crippen LogP contribution in [0.3, 0.4) is 0 Å². The first-order valence-corrected chi connectivity index (χ1v) is 5.19. The molecule has 0 aromatic heterocycles. The lowest BCUT2D eigenvalue weighted by atomic mass is 10.1. The molecule has 0 atom stereocenters. The Morgan fingerprint density at radius 3 is 2.80 bits per heavy atom. The molecule has 0 saturated heterocycles. The lowest BCUT2D eigenvalue weighted by molar-refractivity contribution is -0.143. The predicted octanol–water partition coefficient (Wildman–Crippen LogP) is 1.64. The maximum absolute atomic E-state index is 11.1. The fraction of sp³-hybridized carbons (Fsp3) is 0.417. The van der Waals surface area contributed by atoms with E-state index in [9.17, 15) is 4.79 Å². The van der Waals surface area contributed by atoms with Gasteiger partial charge in [-0.25, -0.2) is 0 Å². The van der Waals surface area contributed by atoms with Crippen molar-refractivity contribution in [3.63, 3.8) is 0 Å². The summed E-state index contributed by atoms with van der Waals surface area (Å²) in [7, 11) is 0. The maximum atomic E-state index is 11.1. The second-order valence-corrected chi connectivity index (χ2v) is 3.33. The molecule has 3 heteroatoms. The van der Waals surface area contributed by atoms with Gasteiger partial charge < -0.3 is 10.5 Å². The van der Waals surface area contributed by atoms with Crippen LogP contribution in [-0.4, -0.2) is 12.6 Å². The number of rotatable bonds is 5. The summed E-state index contributed by atoms with van der Waals surface area (Å²) in [5.74, 6) is -0.143. The summed E-state index contributed by atoms with van der Waals surface area (Å²) in [5.41, 5.74) is 7.76. The highest BCUT2D eigenvalue weighted by Crippen LogP contribution is 2.07. The van der Waals surface area contributed by atoms with E-state index in [2.05, 4.69) is 0 Å². The van der Waals surface area contributed by atoms with Crippen LogP contribution in [0.25, 0.3) is 0 Å². The summed E-state index contributed by atoms with van der Waals surface area (Å²) >= 11 is 0. The summed E-state index contributed by atoms with van der Waals surface area (Å²) < 4.78 is 4.86. The van der Waals surface area contributed by atoms with Crippen molar-refractivity contribution < 1.29 is 9.53 Å². The standard InChI is InChI=1S/C12H17NO2/c1-2-15-12(14)7-6-10-4-3-5-11(8-10)9-13/h3-5,8H,2,6-7,9,13H2,1H3. The molecule has 0 saturated carbocycles. The summed E-state index contributed by atoms with van der Waals surface area (Å²) in [6.07, 6.45) is 1.15. The number of carbonyl (C=O) groups excluding carboxylic acids is 1. The van der Waals surface area contributed by atoms with Crippen LogP contribution in [0, 0.1) is 0 Å². The van der Waals surface area contributed by atoms with E-state index in [1.54, 1.807) is 0 Å². The highest BCUT2D eigenvalue weighted by Gasteiger charge is 2.02. The molecule has 1 aromatic rings. The van der Waals surface area contributed by atoms with Crippen LogP contribution in [-0.2, 0) is 22.5 Å². The van der Waals surface area contributed by atoms with Crippen LogP contribution >= 0.6 is 0 Å². The van der Waals surface area contributed by atoms with E-state index in [-0.39, 0.29) is 5.97 Å². The van der Waals surface area contributed by atoms with Gasteiger partial charge in [0.15, 0.2) is 0 Å². The second-order valence-electron chi connectivity index (χ2n) is 3.33. The summed E-state index contributed by atoms with van der Waals surface area (Å²) in [5, 5.41) is 0. The molecule has 0 unspecified atom stereocenters. The Hall–Kier alpha value is -1.35. The fourth-order valence-corrected chi connectivity index (χ4v) is 1.39. The van der Waals surface area contributed by atoms with Crippen molar-refractivity contribution in [2.24, 2.45) is 5.73 Å². The molecule has 0 bridgehead atoms. The largest absolute Gasteiger partial charge is 0.466 e. The minimum absolute atomic E-state index is 0.143. The minimum atomic E-state index is -0.143. The van der Waals surface area contributed by atoms with E-state index in [0.717, 1.165) is 11.1 Å². The van der Waals surface area contributed by atoms with Gasteiger partial charge in [-0.15, -0.1) is 0 Å². The molecule has 0 amide bonds. The van der Waals surface area contributed by atoms with Crippen molar-refractivity contribution >= 4 is 5.97 Å².